The summed E-state index contributed by atoms with van der Waals surface area (Å²) in [5, 5.41) is 0. The lowest BCUT2D eigenvalue weighted by Gasteiger charge is -2.31. The molecule has 0 amide bonds. The average Bonchev–Trinajstić information content (AvgIpc) is 2.49. The van der Waals surface area contributed by atoms with E-state index in [2.05, 4.69) is 6.92 Å². The minimum absolute atomic E-state index is 0.419. The van der Waals surface area contributed by atoms with Crippen LogP contribution in [0.3, 0.4) is 0 Å². The minimum Gasteiger partial charge on any atom is -0.493 e. The van der Waals surface area contributed by atoms with E-state index in [4.69, 9.17) is 4.74 Å². The zero-order chi connectivity index (χ0) is 15.1. The van der Waals surface area contributed by atoms with Crippen molar-refractivity contribution in [3.63, 3.8) is 0 Å². The first-order valence-electron chi connectivity index (χ1n) is 8.28. The Kier molecular flexibility index (Phi) is 6.47. The number of halogens is 2. The highest BCUT2D eigenvalue weighted by molar-refractivity contribution is 5.23. The van der Waals surface area contributed by atoms with Gasteiger partial charge in [0.25, 0.3) is 0 Å². The van der Waals surface area contributed by atoms with E-state index < -0.39 is 11.6 Å². The highest BCUT2D eigenvalue weighted by Crippen LogP contribution is 2.35. The molecule has 0 heterocycles. The van der Waals surface area contributed by atoms with Crippen LogP contribution >= 0.6 is 0 Å². The van der Waals surface area contributed by atoms with Gasteiger partial charge < -0.3 is 4.74 Å². The Bertz CT molecular complexity index is 431. The molecule has 1 aromatic carbocycles. The van der Waals surface area contributed by atoms with Crippen LogP contribution in [0.4, 0.5) is 8.78 Å². The van der Waals surface area contributed by atoms with Gasteiger partial charge in [0.05, 0.1) is 6.61 Å². The maximum Gasteiger partial charge on any atom is 0.162 e. The monoisotopic (exact) mass is 296 g/mol. The predicted molar refractivity (Wildman–Crippen MR) is 81.4 cm³/mol. The first-order valence-corrected chi connectivity index (χ1v) is 8.28. The summed E-state index contributed by atoms with van der Waals surface area (Å²) in [5.74, 6) is 0.455. The van der Waals surface area contributed by atoms with E-state index >= 15 is 0 Å². The van der Waals surface area contributed by atoms with Crippen LogP contribution in [0.25, 0.3) is 0 Å². The van der Waals surface area contributed by atoms with Gasteiger partial charge in [-0.2, -0.15) is 0 Å². The summed E-state index contributed by atoms with van der Waals surface area (Å²) in [7, 11) is 0. The summed E-state index contributed by atoms with van der Waals surface area (Å²) < 4.78 is 31.4. The molecule has 1 nitrogen and oxygen atoms in total. The summed E-state index contributed by atoms with van der Waals surface area (Å²) in [5.41, 5.74) is 0. The number of hydrogen-bond acceptors (Lipinski definition) is 1. The van der Waals surface area contributed by atoms with E-state index in [1.807, 2.05) is 0 Å². The van der Waals surface area contributed by atoms with Crippen molar-refractivity contribution in [3.05, 3.63) is 29.8 Å². The van der Waals surface area contributed by atoms with Crippen LogP contribution < -0.4 is 4.74 Å². The summed E-state index contributed by atoms with van der Waals surface area (Å²) in [4.78, 5) is 0. The molecule has 1 aliphatic carbocycles. The number of benzene rings is 1. The topological polar surface area (TPSA) is 9.23 Å². The van der Waals surface area contributed by atoms with Crippen LogP contribution in [0.1, 0.15) is 58.3 Å². The van der Waals surface area contributed by atoms with Crippen molar-refractivity contribution < 1.29 is 13.5 Å². The Morgan fingerprint density at radius 1 is 1.05 bits per heavy atom. The van der Waals surface area contributed by atoms with Crippen molar-refractivity contribution in [1.82, 2.24) is 0 Å². The lowest BCUT2D eigenvalue weighted by molar-refractivity contribution is 0.193. The fourth-order valence-corrected chi connectivity index (χ4v) is 3.52. The summed E-state index contributed by atoms with van der Waals surface area (Å²) in [6.45, 7) is 2.85. The van der Waals surface area contributed by atoms with Crippen LogP contribution in [0.2, 0.25) is 0 Å². The smallest absolute Gasteiger partial charge is 0.162 e. The van der Waals surface area contributed by atoms with Gasteiger partial charge >= 0.3 is 0 Å². The minimum atomic E-state index is -0.845. The van der Waals surface area contributed by atoms with Crippen LogP contribution in [-0.4, -0.2) is 6.61 Å². The summed E-state index contributed by atoms with van der Waals surface area (Å²) in [6.07, 6.45) is 10.2. The zero-order valence-corrected chi connectivity index (χ0v) is 12.9. The highest BCUT2D eigenvalue weighted by Gasteiger charge is 2.23. The van der Waals surface area contributed by atoms with Crippen molar-refractivity contribution >= 4 is 0 Å². The molecule has 0 aromatic heterocycles. The maximum atomic E-state index is 13.1. The molecule has 3 heteroatoms. The van der Waals surface area contributed by atoms with Gasteiger partial charge in [0.15, 0.2) is 11.6 Å². The Morgan fingerprint density at radius 3 is 2.43 bits per heavy atom. The second-order valence-electron chi connectivity index (χ2n) is 6.16. The molecule has 1 saturated carbocycles. The first-order chi connectivity index (χ1) is 10.2. The lowest BCUT2D eigenvalue weighted by atomic mass is 9.75. The number of ether oxygens (including phenoxy) is 1. The SMILES string of the molecule is CCCC1CCCCC1CCCOc1ccc(F)c(F)c1. The summed E-state index contributed by atoms with van der Waals surface area (Å²) in [6, 6.07) is 3.72. The Balaban J connectivity index is 1.71. The Morgan fingerprint density at radius 2 is 1.76 bits per heavy atom. The van der Waals surface area contributed by atoms with Gasteiger partial charge in [0, 0.05) is 6.07 Å². The normalized spacial score (nSPS) is 22.2. The standard InChI is InChI=1S/C18H26F2O/c1-2-6-14-7-3-4-8-15(14)9-5-12-21-16-10-11-17(19)18(20)13-16/h10-11,13-15H,2-9,12H2,1H3. The molecular formula is C18H26F2O. The molecule has 2 unspecified atom stereocenters. The molecule has 2 atom stereocenters. The molecule has 21 heavy (non-hydrogen) atoms. The van der Waals surface area contributed by atoms with E-state index in [0.29, 0.717) is 12.4 Å². The van der Waals surface area contributed by atoms with E-state index in [0.717, 1.165) is 30.4 Å². The van der Waals surface area contributed by atoms with E-state index in [9.17, 15) is 8.78 Å². The quantitative estimate of drug-likeness (QED) is 0.584. The fraction of sp³-hybridized carbons (Fsp3) is 0.667. The van der Waals surface area contributed by atoms with Gasteiger partial charge in [-0.1, -0.05) is 45.4 Å². The zero-order valence-electron chi connectivity index (χ0n) is 12.9. The van der Waals surface area contributed by atoms with Crippen molar-refractivity contribution in [2.45, 2.75) is 58.3 Å². The Labute approximate surface area is 126 Å². The Hall–Kier alpha value is -1.12. The second kappa shape index (κ2) is 8.35. The maximum absolute atomic E-state index is 13.1. The molecule has 2 rings (SSSR count). The molecule has 0 N–H and O–H groups in total. The third-order valence-corrected chi connectivity index (χ3v) is 4.61. The van der Waals surface area contributed by atoms with Gasteiger partial charge in [-0.25, -0.2) is 8.78 Å². The van der Waals surface area contributed by atoms with E-state index in [-0.39, 0.29) is 0 Å². The van der Waals surface area contributed by atoms with Crippen LogP contribution in [0, 0.1) is 23.5 Å². The average molecular weight is 296 g/mol. The molecule has 1 aromatic rings. The van der Waals surface area contributed by atoms with Gasteiger partial charge in [-0.05, 0) is 36.8 Å². The van der Waals surface area contributed by atoms with Crippen molar-refractivity contribution in [2.75, 3.05) is 6.61 Å². The molecule has 0 spiro atoms. The van der Waals surface area contributed by atoms with Crippen molar-refractivity contribution in [2.24, 2.45) is 11.8 Å². The van der Waals surface area contributed by atoms with Crippen LogP contribution in [0.5, 0.6) is 5.75 Å². The third-order valence-electron chi connectivity index (χ3n) is 4.61. The fourth-order valence-electron chi connectivity index (χ4n) is 3.52. The third kappa shape index (κ3) is 4.98. The van der Waals surface area contributed by atoms with Gasteiger partial charge in [-0.3, -0.25) is 0 Å². The van der Waals surface area contributed by atoms with E-state index in [1.165, 1.54) is 51.0 Å². The first kappa shape index (κ1) is 16.3. The predicted octanol–water partition coefficient (Wildman–Crippen LogP) is 5.73. The summed E-state index contributed by atoms with van der Waals surface area (Å²) >= 11 is 0. The molecule has 0 radical (unpaired) electrons. The van der Waals surface area contributed by atoms with Crippen LogP contribution in [-0.2, 0) is 0 Å². The molecule has 118 valence electrons. The molecule has 0 aliphatic heterocycles. The highest BCUT2D eigenvalue weighted by atomic mass is 19.2. The number of hydrogen-bond donors (Lipinski definition) is 0. The van der Waals surface area contributed by atoms with Crippen molar-refractivity contribution in [3.8, 4) is 5.75 Å². The van der Waals surface area contributed by atoms with Crippen LogP contribution in [0.15, 0.2) is 18.2 Å². The van der Waals surface area contributed by atoms with Gasteiger partial charge in [0.2, 0.25) is 0 Å². The van der Waals surface area contributed by atoms with E-state index in [1.54, 1.807) is 0 Å². The molecule has 0 saturated heterocycles. The largest absolute Gasteiger partial charge is 0.493 e. The number of rotatable bonds is 7. The molecule has 1 aliphatic rings. The van der Waals surface area contributed by atoms with Gasteiger partial charge in [0.1, 0.15) is 5.75 Å². The molecule has 0 bridgehead atoms. The molecular weight excluding hydrogens is 270 g/mol. The molecule has 1 fully saturated rings. The van der Waals surface area contributed by atoms with Gasteiger partial charge in [-0.15, -0.1) is 0 Å². The van der Waals surface area contributed by atoms with Crippen molar-refractivity contribution in [1.29, 1.82) is 0 Å². The lowest BCUT2D eigenvalue weighted by Crippen LogP contribution is -2.20. The second-order valence-corrected chi connectivity index (χ2v) is 6.16.